The first-order valence-corrected chi connectivity index (χ1v) is 10.2. The van der Waals surface area contributed by atoms with E-state index in [0.717, 1.165) is 30.2 Å². The van der Waals surface area contributed by atoms with Crippen LogP contribution in [0.1, 0.15) is 11.3 Å². The molecule has 9 heteroatoms. The van der Waals surface area contributed by atoms with Crippen molar-refractivity contribution in [3.8, 4) is 5.69 Å². The number of carbonyl (C=O) groups is 1. The number of hydrogen-bond donors (Lipinski definition) is 2. The van der Waals surface area contributed by atoms with Crippen LogP contribution < -0.4 is 21.1 Å². The summed E-state index contributed by atoms with van der Waals surface area (Å²) >= 11 is 0. The van der Waals surface area contributed by atoms with E-state index < -0.39 is 6.03 Å². The lowest BCUT2D eigenvalue weighted by atomic mass is 10.2. The van der Waals surface area contributed by atoms with Crippen LogP contribution in [0.25, 0.3) is 5.69 Å². The number of urea groups is 1. The Balaban J connectivity index is 1.48. The molecule has 2 amide bonds. The molecule has 3 heterocycles. The van der Waals surface area contributed by atoms with Gasteiger partial charge in [0.1, 0.15) is 11.5 Å². The number of nitrogens with one attached hydrogen (secondary N) is 2. The van der Waals surface area contributed by atoms with Crippen LogP contribution in [0.4, 0.5) is 16.3 Å². The Hall–Kier alpha value is -3.59. The number of hydrogen-bond acceptors (Lipinski definition) is 5. The van der Waals surface area contributed by atoms with Crippen molar-refractivity contribution in [3.63, 3.8) is 0 Å². The van der Waals surface area contributed by atoms with Crippen molar-refractivity contribution in [3.05, 3.63) is 70.3 Å². The highest BCUT2D eigenvalue weighted by molar-refractivity contribution is 5.89. The lowest BCUT2D eigenvalue weighted by Gasteiger charge is -2.29. The molecule has 0 atom stereocenters. The number of benzene rings is 1. The number of amides is 2. The van der Waals surface area contributed by atoms with Crippen molar-refractivity contribution >= 4 is 17.5 Å². The fourth-order valence-electron chi connectivity index (χ4n) is 3.67. The summed E-state index contributed by atoms with van der Waals surface area (Å²) in [7, 11) is 1.79. The van der Waals surface area contributed by atoms with Crippen molar-refractivity contribution < 1.29 is 9.53 Å². The standard InChI is InChI=1S/C22H26N6O3/c1-16-19(21(29)28(26(16)2)18-8-4-3-5-9-18)25-22(30)24-15-17-7-6-10-23-20(17)27-11-13-31-14-12-27/h3-10H,11-15H2,1-2H3,(H2,24,25,30). The van der Waals surface area contributed by atoms with Gasteiger partial charge in [-0.15, -0.1) is 0 Å². The summed E-state index contributed by atoms with van der Waals surface area (Å²) in [4.78, 5) is 32.2. The van der Waals surface area contributed by atoms with Crippen molar-refractivity contribution in [2.75, 3.05) is 36.5 Å². The average Bonchev–Trinajstić information content (AvgIpc) is 3.02. The SMILES string of the molecule is Cc1c(NC(=O)NCc2cccnc2N2CCOCC2)c(=O)n(-c2ccccc2)n1C. The molecule has 1 fully saturated rings. The quantitative estimate of drug-likeness (QED) is 0.656. The smallest absolute Gasteiger partial charge is 0.319 e. The van der Waals surface area contributed by atoms with Crippen molar-refractivity contribution in [1.82, 2.24) is 19.7 Å². The Bertz CT molecular complexity index is 1120. The zero-order valence-corrected chi connectivity index (χ0v) is 17.7. The number of aromatic nitrogens is 3. The number of pyridine rings is 1. The molecule has 162 valence electrons. The molecule has 0 saturated carbocycles. The Labute approximate surface area is 180 Å². The Morgan fingerprint density at radius 3 is 2.61 bits per heavy atom. The van der Waals surface area contributed by atoms with Crippen LogP contribution in [0, 0.1) is 6.92 Å². The minimum Gasteiger partial charge on any atom is -0.378 e. The highest BCUT2D eigenvalue weighted by Crippen LogP contribution is 2.18. The van der Waals surface area contributed by atoms with Gasteiger partial charge in [-0.1, -0.05) is 24.3 Å². The monoisotopic (exact) mass is 422 g/mol. The predicted octanol–water partition coefficient (Wildman–Crippen LogP) is 2.04. The Morgan fingerprint density at radius 1 is 1.13 bits per heavy atom. The molecule has 0 aliphatic carbocycles. The summed E-state index contributed by atoms with van der Waals surface area (Å²) in [6.07, 6.45) is 1.74. The summed E-state index contributed by atoms with van der Waals surface area (Å²) in [5.41, 5.74) is 2.28. The summed E-state index contributed by atoms with van der Waals surface area (Å²) in [5.74, 6) is 0.841. The topological polar surface area (TPSA) is 93.4 Å². The fourth-order valence-corrected chi connectivity index (χ4v) is 3.67. The van der Waals surface area contributed by atoms with Crippen LogP contribution in [0.3, 0.4) is 0 Å². The third-order valence-electron chi connectivity index (χ3n) is 5.41. The molecule has 1 aromatic carbocycles. The summed E-state index contributed by atoms with van der Waals surface area (Å²) in [6.45, 7) is 4.94. The summed E-state index contributed by atoms with van der Waals surface area (Å²) < 4.78 is 8.67. The van der Waals surface area contributed by atoms with Crippen LogP contribution in [0.2, 0.25) is 0 Å². The molecule has 0 unspecified atom stereocenters. The number of carbonyl (C=O) groups excluding carboxylic acids is 1. The van der Waals surface area contributed by atoms with E-state index in [4.69, 9.17) is 4.74 Å². The number of morpholine rings is 1. The van der Waals surface area contributed by atoms with Crippen LogP contribution in [0.5, 0.6) is 0 Å². The van der Waals surface area contributed by atoms with Gasteiger partial charge in [-0.3, -0.25) is 9.48 Å². The van der Waals surface area contributed by atoms with E-state index in [0.29, 0.717) is 25.5 Å². The zero-order chi connectivity index (χ0) is 21.8. The second-order valence-corrected chi connectivity index (χ2v) is 7.33. The van der Waals surface area contributed by atoms with Gasteiger partial charge in [0.2, 0.25) is 0 Å². The first-order chi connectivity index (χ1) is 15.1. The van der Waals surface area contributed by atoms with Gasteiger partial charge in [0.25, 0.3) is 5.56 Å². The third kappa shape index (κ3) is 4.31. The van der Waals surface area contributed by atoms with Gasteiger partial charge < -0.3 is 20.3 Å². The van der Waals surface area contributed by atoms with E-state index >= 15 is 0 Å². The van der Waals surface area contributed by atoms with Gasteiger partial charge in [0, 0.05) is 38.4 Å². The molecule has 2 aromatic heterocycles. The maximum absolute atomic E-state index is 13.0. The lowest BCUT2D eigenvalue weighted by molar-refractivity contribution is 0.122. The summed E-state index contributed by atoms with van der Waals surface area (Å²) in [5, 5.41) is 5.57. The van der Waals surface area contributed by atoms with E-state index in [1.54, 1.807) is 24.9 Å². The van der Waals surface area contributed by atoms with E-state index in [1.165, 1.54) is 4.68 Å². The van der Waals surface area contributed by atoms with Crippen LogP contribution >= 0.6 is 0 Å². The van der Waals surface area contributed by atoms with E-state index in [2.05, 4.69) is 20.5 Å². The van der Waals surface area contributed by atoms with Gasteiger partial charge >= 0.3 is 6.03 Å². The molecule has 0 bridgehead atoms. The van der Waals surface area contributed by atoms with Crippen LogP contribution in [0.15, 0.2) is 53.5 Å². The Morgan fingerprint density at radius 2 is 1.87 bits per heavy atom. The van der Waals surface area contributed by atoms with E-state index in [9.17, 15) is 9.59 Å². The normalized spacial score (nSPS) is 13.8. The largest absolute Gasteiger partial charge is 0.378 e. The molecule has 2 N–H and O–H groups in total. The molecular weight excluding hydrogens is 396 g/mol. The number of para-hydroxylation sites is 1. The lowest BCUT2D eigenvalue weighted by Crippen LogP contribution is -2.38. The first-order valence-electron chi connectivity index (χ1n) is 10.2. The number of rotatable bonds is 5. The molecule has 3 aromatic rings. The maximum atomic E-state index is 13.0. The van der Waals surface area contributed by atoms with Crippen molar-refractivity contribution in [2.24, 2.45) is 7.05 Å². The molecular formula is C22H26N6O3. The van der Waals surface area contributed by atoms with Gasteiger partial charge in [0.15, 0.2) is 0 Å². The van der Waals surface area contributed by atoms with Crippen molar-refractivity contribution in [1.29, 1.82) is 0 Å². The van der Waals surface area contributed by atoms with Gasteiger partial charge in [-0.05, 0) is 25.1 Å². The second-order valence-electron chi connectivity index (χ2n) is 7.33. The molecule has 0 spiro atoms. The van der Waals surface area contributed by atoms with E-state index in [1.807, 2.05) is 42.5 Å². The molecule has 4 rings (SSSR count). The molecule has 1 aliphatic rings. The highest BCUT2D eigenvalue weighted by Gasteiger charge is 2.19. The summed E-state index contributed by atoms with van der Waals surface area (Å²) in [6, 6.07) is 12.7. The van der Waals surface area contributed by atoms with Gasteiger partial charge in [0.05, 0.1) is 24.6 Å². The maximum Gasteiger partial charge on any atom is 0.319 e. The zero-order valence-electron chi connectivity index (χ0n) is 17.7. The minimum atomic E-state index is -0.442. The van der Waals surface area contributed by atoms with Crippen molar-refractivity contribution in [2.45, 2.75) is 13.5 Å². The number of anilines is 2. The van der Waals surface area contributed by atoms with E-state index in [-0.39, 0.29) is 11.2 Å². The second kappa shape index (κ2) is 9.05. The number of ether oxygens (including phenoxy) is 1. The van der Waals surface area contributed by atoms with Gasteiger partial charge in [-0.2, -0.15) is 0 Å². The van der Waals surface area contributed by atoms with Gasteiger partial charge in [-0.25, -0.2) is 14.5 Å². The third-order valence-corrected chi connectivity index (χ3v) is 5.41. The number of nitrogens with zero attached hydrogens (tertiary/aromatic N) is 4. The average molecular weight is 422 g/mol. The minimum absolute atomic E-state index is 0.253. The molecule has 1 saturated heterocycles. The van der Waals surface area contributed by atoms with Crippen LogP contribution in [-0.4, -0.2) is 46.7 Å². The predicted molar refractivity (Wildman–Crippen MR) is 119 cm³/mol. The highest BCUT2D eigenvalue weighted by atomic mass is 16.5. The first kappa shape index (κ1) is 20.7. The molecule has 31 heavy (non-hydrogen) atoms. The fraction of sp³-hybridized carbons (Fsp3) is 0.318. The molecule has 0 radical (unpaired) electrons. The van der Waals surface area contributed by atoms with Crippen LogP contribution in [-0.2, 0) is 18.3 Å². The Kier molecular flexibility index (Phi) is 6.03. The molecule has 9 nitrogen and oxygen atoms in total. The molecule has 1 aliphatic heterocycles.